The second-order valence-corrected chi connectivity index (χ2v) is 9.00. The number of carbonyl (C=O) groups is 2. The normalized spacial score (nSPS) is 16.8. The highest BCUT2D eigenvalue weighted by Crippen LogP contribution is 2.42. The lowest BCUT2D eigenvalue weighted by Crippen LogP contribution is -2.27. The maximum absolute atomic E-state index is 12.8. The first-order chi connectivity index (χ1) is 15.6. The van der Waals surface area contributed by atoms with Crippen LogP contribution in [0.4, 0.5) is 11.4 Å². The Balaban J connectivity index is 1.48. The molecule has 1 aliphatic heterocycles. The molecule has 1 heterocycles. The van der Waals surface area contributed by atoms with Crippen LogP contribution in [-0.2, 0) is 16.0 Å². The van der Waals surface area contributed by atoms with Gasteiger partial charge in [0.05, 0.1) is 11.7 Å². The van der Waals surface area contributed by atoms with Crippen molar-refractivity contribution in [3.8, 4) is 0 Å². The zero-order chi connectivity index (χ0) is 22.5. The van der Waals surface area contributed by atoms with Gasteiger partial charge >= 0.3 is 0 Å². The molecule has 0 aromatic heterocycles. The molecule has 164 valence electrons. The fourth-order valence-corrected chi connectivity index (χ4v) is 5.24. The number of hydrogen-bond donors (Lipinski definition) is 1. The number of nitrogens with one attached hydrogen (secondary N) is 1. The standard InChI is InChI=1S/C27H28N2O2S/c1-3-19-10-16-23(17-11-19)29-25(30)18-32-27(29)21-12-14-22(15-13-21)28-26(31)24(4-2)20-8-6-5-7-9-20/h5-17,24,27H,3-4,18H2,1-2H3,(H,28,31)/t24-,27+/m1/s1. The number of hydrogen-bond acceptors (Lipinski definition) is 3. The molecule has 1 saturated heterocycles. The second kappa shape index (κ2) is 10.0. The number of benzene rings is 3. The topological polar surface area (TPSA) is 49.4 Å². The number of anilines is 2. The minimum Gasteiger partial charge on any atom is -0.326 e. The summed E-state index contributed by atoms with van der Waals surface area (Å²) in [4.78, 5) is 27.3. The van der Waals surface area contributed by atoms with Crippen LogP contribution in [0.15, 0.2) is 78.9 Å². The Kier molecular flexibility index (Phi) is 6.96. The van der Waals surface area contributed by atoms with E-state index in [9.17, 15) is 9.59 Å². The van der Waals surface area contributed by atoms with Crippen LogP contribution in [0.25, 0.3) is 0 Å². The van der Waals surface area contributed by atoms with Gasteiger partial charge in [-0.25, -0.2) is 0 Å². The van der Waals surface area contributed by atoms with Crippen molar-refractivity contribution in [2.75, 3.05) is 16.0 Å². The quantitative estimate of drug-likeness (QED) is 0.475. The van der Waals surface area contributed by atoms with Gasteiger partial charge in [-0.05, 0) is 53.8 Å². The van der Waals surface area contributed by atoms with Crippen LogP contribution in [0, 0.1) is 0 Å². The van der Waals surface area contributed by atoms with Crippen molar-refractivity contribution in [1.82, 2.24) is 0 Å². The van der Waals surface area contributed by atoms with E-state index in [1.807, 2.05) is 78.6 Å². The summed E-state index contributed by atoms with van der Waals surface area (Å²) in [6, 6.07) is 25.9. The second-order valence-electron chi connectivity index (χ2n) is 7.93. The molecule has 0 unspecified atom stereocenters. The van der Waals surface area contributed by atoms with Crippen molar-refractivity contribution in [1.29, 1.82) is 0 Å². The van der Waals surface area contributed by atoms with Gasteiger partial charge in [-0.1, -0.05) is 68.4 Å². The molecule has 4 rings (SSSR count). The van der Waals surface area contributed by atoms with E-state index in [-0.39, 0.29) is 23.1 Å². The number of thioether (sulfide) groups is 1. The van der Waals surface area contributed by atoms with Crippen LogP contribution < -0.4 is 10.2 Å². The monoisotopic (exact) mass is 444 g/mol. The summed E-state index contributed by atoms with van der Waals surface area (Å²) in [7, 11) is 0. The summed E-state index contributed by atoms with van der Waals surface area (Å²) in [5.41, 5.74) is 5.02. The zero-order valence-corrected chi connectivity index (χ0v) is 19.3. The van der Waals surface area contributed by atoms with Crippen LogP contribution >= 0.6 is 11.8 Å². The molecule has 0 aliphatic carbocycles. The molecular formula is C27H28N2O2S. The van der Waals surface area contributed by atoms with E-state index in [2.05, 4.69) is 24.4 Å². The Labute approximate surface area is 194 Å². The lowest BCUT2D eigenvalue weighted by atomic mass is 9.95. The zero-order valence-electron chi connectivity index (χ0n) is 18.5. The van der Waals surface area contributed by atoms with Gasteiger partial charge in [0.25, 0.3) is 0 Å². The molecule has 1 fully saturated rings. The number of carbonyl (C=O) groups excluding carboxylic acids is 2. The smallest absolute Gasteiger partial charge is 0.238 e. The van der Waals surface area contributed by atoms with E-state index in [4.69, 9.17) is 0 Å². The van der Waals surface area contributed by atoms with Crippen molar-refractivity contribution in [3.63, 3.8) is 0 Å². The van der Waals surface area contributed by atoms with E-state index in [1.165, 1.54) is 5.56 Å². The Morgan fingerprint density at radius 3 is 2.31 bits per heavy atom. The Morgan fingerprint density at radius 2 is 1.69 bits per heavy atom. The Morgan fingerprint density at radius 1 is 1.00 bits per heavy atom. The van der Waals surface area contributed by atoms with Crippen molar-refractivity contribution in [3.05, 3.63) is 95.6 Å². The van der Waals surface area contributed by atoms with Crippen molar-refractivity contribution in [2.24, 2.45) is 0 Å². The molecular weight excluding hydrogens is 416 g/mol. The fourth-order valence-electron chi connectivity index (χ4n) is 4.06. The van der Waals surface area contributed by atoms with Gasteiger partial charge in [0.2, 0.25) is 11.8 Å². The fraction of sp³-hybridized carbons (Fsp3) is 0.259. The summed E-state index contributed by atoms with van der Waals surface area (Å²) >= 11 is 1.63. The SMILES string of the molecule is CCc1ccc(N2C(=O)CS[C@H]2c2ccc(NC(=O)[C@H](CC)c3ccccc3)cc2)cc1. The number of amides is 2. The number of nitrogens with zero attached hydrogens (tertiary/aromatic N) is 1. The lowest BCUT2D eigenvalue weighted by molar-refractivity contribution is -0.118. The largest absolute Gasteiger partial charge is 0.326 e. The molecule has 32 heavy (non-hydrogen) atoms. The third-order valence-electron chi connectivity index (χ3n) is 5.88. The van der Waals surface area contributed by atoms with Gasteiger partial charge in [-0.2, -0.15) is 0 Å². The molecule has 5 heteroatoms. The van der Waals surface area contributed by atoms with Gasteiger partial charge in [0.1, 0.15) is 5.37 Å². The maximum atomic E-state index is 12.8. The van der Waals surface area contributed by atoms with E-state index in [0.29, 0.717) is 5.75 Å². The molecule has 1 aliphatic rings. The van der Waals surface area contributed by atoms with Gasteiger partial charge in [0, 0.05) is 11.4 Å². The van der Waals surface area contributed by atoms with Crippen LogP contribution in [0.3, 0.4) is 0 Å². The summed E-state index contributed by atoms with van der Waals surface area (Å²) in [6.07, 6.45) is 1.71. The van der Waals surface area contributed by atoms with E-state index in [0.717, 1.165) is 35.3 Å². The van der Waals surface area contributed by atoms with Crippen LogP contribution in [0.1, 0.15) is 48.3 Å². The molecule has 2 atom stereocenters. The van der Waals surface area contributed by atoms with Crippen molar-refractivity contribution < 1.29 is 9.59 Å². The predicted molar refractivity (Wildman–Crippen MR) is 133 cm³/mol. The molecule has 0 spiro atoms. The molecule has 0 radical (unpaired) electrons. The first kappa shape index (κ1) is 22.2. The Hall–Kier alpha value is -3.05. The van der Waals surface area contributed by atoms with Crippen LogP contribution in [0.5, 0.6) is 0 Å². The van der Waals surface area contributed by atoms with Gasteiger partial charge in [-0.3, -0.25) is 14.5 Å². The molecule has 1 N–H and O–H groups in total. The van der Waals surface area contributed by atoms with E-state index in [1.54, 1.807) is 11.8 Å². The maximum Gasteiger partial charge on any atom is 0.238 e. The first-order valence-corrected chi connectivity index (χ1v) is 12.1. The van der Waals surface area contributed by atoms with Crippen LogP contribution in [-0.4, -0.2) is 17.6 Å². The van der Waals surface area contributed by atoms with Gasteiger partial charge in [0.15, 0.2) is 0 Å². The third kappa shape index (κ3) is 4.73. The molecule has 0 saturated carbocycles. The lowest BCUT2D eigenvalue weighted by Gasteiger charge is -2.25. The molecule has 3 aromatic carbocycles. The predicted octanol–water partition coefficient (Wildman–Crippen LogP) is 6.16. The first-order valence-electron chi connectivity index (χ1n) is 11.1. The Bertz CT molecular complexity index is 1070. The minimum absolute atomic E-state index is 0.00508. The summed E-state index contributed by atoms with van der Waals surface area (Å²) in [5, 5.41) is 2.98. The molecule has 4 nitrogen and oxygen atoms in total. The summed E-state index contributed by atoms with van der Waals surface area (Å²) < 4.78 is 0. The minimum atomic E-state index is -0.180. The number of rotatable bonds is 7. The van der Waals surface area contributed by atoms with Crippen molar-refractivity contribution >= 4 is 35.0 Å². The number of aryl methyl sites for hydroxylation is 1. The molecule has 2 amide bonds. The highest BCUT2D eigenvalue weighted by molar-refractivity contribution is 8.00. The van der Waals surface area contributed by atoms with Gasteiger partial charge in [-0.15, -0.1) is 11.8 Å². The van der Waals surface area contributed by atoms with Gasteiger partial charge < -0.3 is 5.32 Å². The highest BCUT2D eigenvalue weighted by atomic mass is 32.2. The average molecular weight is 445 g/mol. The summed E-state index contributed by atoms with van der Waals surface area (Å²) in [5.74, 6) is 0.402. The highest BCUT2D eigenvalue weighted by Gasteiger charge is 2.34. The molecule has 3 aromatic rings. The summed E-state index contributed by atoms with van der Waals surface area (Å²) in [6.45, 7) is 4.15. The van der Waals surface area contributed by atoms with E-state index >= 15 is 0 Å². The van der Waals surface area contributed by atoms with Crippen molar-refractivity contribution in [2.45, 2.75) is 38.0 Å². The average Bonchev–Trinajstić information content (AvgIpc) is 3.22. The molecule has 0 bridgehead atoms. The third-order valence-corrected chi connectivity index (χ3v) is 7.09. The van der Waals surface area contributed by atoms with Crippen LogP contribution in [0.2, 0.25) is 0 Å². The van der Waals surface area contributed by atoms with E-state index < -0.39 is 0 Å².